The van der Waals surface area contributed by atoms with Crippen molar-refractivity contribution in [1.82, 2.24) is 0 Å². The molecule has 1 aliphatic rings. The molecule has 1 aliphatic heterocycles. The van der Waals surface area contributed by atoms with Gasteiger partial charge in [-0.15, -0.1) is 11.6 Å². The maximum Gasteiger partial charge on any atom is 0.127 e. The van der Waals surface area contributed by atoms with Gasteiger partial charge in [0.1, 0.15) is 5.82 Å². The van der Waals surface area contributed by atoms with E-state index in [1.807, 2.05) is 18.2 Å². The summed E-state index contributed by atoms with van der Waals surface area (Å²) in [5.74, 6) is -0.312. The van der Waals surface area contributed by atoms with Crippen molar-refractivity contribution >= 4 is 23.2 Å². The molecule has 104 valence electrons. The summed E-state index contributed by atoms with van der Waals surface area (Å²) in [5, 5.41) is 0.107. The largest absolute Gasteiger partial charge is 0.372 e. The van der Waals surface area contributed by atoms with E-state index in [0.29, 0.717) is 30.2 Å². The van der Waals surface area contributed by atoms with Crippen molar-refractivity contribution in [1.29, 1.82) is 0 Å². The number of ether oxygens (including phenoxy) is 1. The van der Waals surface area contributed by atoms with E-state index in [-0.39, 0.29) is 11.2 Å². The molecule has 1 atom stereocenters. The highest BCUT2D eigenvalue weighted by atomic mass is 35.5. The van der Waals surface area contributed by atoms with E-state index in [2.05, 4.69) is 0 Å². The van der Waals surface area contributed by atoms with Gasteiger partial charge in [-0.2, -0.15) is 0 Å². The number of alkyl halides is 1. The summed E-state index contributed by atoms with van der Waals surface area (Å²) >= 11 is 12.5. The second kappa shape index (κ2) is 5.72. The fraction of sp³-hybridized carbons (Fsp3) is 0.250. The van der Waals surface area contributed by atoms with Crippen LogP contribution in [0.25, 0.3) is 0 Å². The molecule has 0 saturated heterocycles. The minimum atomic E-state index is -0.312. The van der Waals surface area contributed by atoms with Crippen molar-refractivity contribution in [2.24, 2.45) is 0 Å². The fourth-order valence-corrected chi connectivity index (χ4v) is 2.94. The molecular formula is C16H13Cl2FO. The van der Waals surface area contributed by atoms with E-state index in [4.69, 9.17) is 27.9 Å². The van der Waals surface area contributed by atoms with Crippen LogP contribution in [-0.2, 0) is 24.4 Å². The molecule has 0 radical (unpaired) electrons. The molecule has 2 aromatic carbocycles. The molecule has 1 nitrogen and oxygen atoms in total. The quantitative estimate of drug-likeness (QED) is 0.722. The summed E-state index contributed by atoms with van der Waals surface area (Å²) in [7, 11) is 0. The zero-order chi connectivity index (χ0) is 14.1. The van der Waals surface area contributed by atoms with Crippen molar-refractivity contribution in [3.8, 4) is 0 Å². The summed E-state index contributed by atoms with van der Waals surface area (Å²) in [6.45, 7) is 1.27. The van der Waals surface area contributed by atoms with Crippen LogP contribution in [0, 0.1) is 5.82 Å². The van der Waals surface area contributed by atoms with Gasteiger partial charge in [-0.25, -0.2) is 4.39 Å². The molecule has 4 heteroatoms. The zero-order valence-corrected chi connectivity index (χ0v) is 12.2. The van der Waals surface area contributed by atoms with Gasteiger partial charge in [0.2, 0.25) is 0 Å². The highest BCUT2D eigenvalue weighted by molar-refractivity contribution is 6.31. The Kier molecular flexibility index (Phi) is 3.97. The molecule has 1 heterocycles. The average Bonchev–Trinajstić information content (AvgIpc) is 2.90. The molecule has 2 aromatic rings. The number of benzene rings is 2. The van der Waals surface area contributed by atoms with Crippen LogP contribution in [0.1, 0.15) is 27.6 Å². The number of halogens is 3. The third-order valence-electron chi connectivity index (χ3n) is 3.55. The van der Waals surface area contributed by atoms with Gasteiger partial charge in [0, 0.05) is 10.6 Å². The Balaban J connectivity index is 1.84. The van der Waals surface area contributed by atoms with E-state index in [1.54, 1.807) is 12.1 Å². The van der Waals surface area contributed by atoms with Crippen molar-refractivity contribution in [3.05, 3.63) is 69.5 Å². The van der Waals surface area contributed by atoms with E-state index < -0.39 is 0 Å². The summed E-state index contributed by atoms with van der Waals surface area (Å²) < 4.78 is 19.2. The third kappa shape index (κ3) is 2.69. The highest BCUT2D eigenvalue weighted by Gasteiger charge is 2.17. The van der Waals surface area contributed by atoms with Gasteiger partial charge < -0.3 is 4.74 Å². The third-order valence-corrected chi connectivity index (χ3v) is 4.31. The molecule has 0 fully saturated rings. The first-order chi connectivity index (χ1) is 9.65. The van der Waals surface area contributed by atoms with E-state index in [0.717, 1.165) is 11.1 Å². The van der Waals surface area contributed by atoms with Crippen LogP contribution in [-0.4, -0.2) is 0 Å². The maximum absolute atomic E-state index is 13.8. The van der Waals surface area contributed by atoms with Crippen LogP contribution in [0.15, 0.2) is 36.4 Å². The summed E-state index contributed by atoms with van der Waals surface area (Å²) in [4.78, 5) is 0. The van der Waals surface area contributed by atoms with Crippen LogP contribution in [0.3, 0.4) is 0 Å². The monoisotopic (exact) mass is 310 g/mol. The molecule has 20 heavy (non-hydrogen) atoms. The summed E-state index contributed by atoms with van der Waals surface area (Å²) in [5.41, 5.74) is 3.79. The lowest BCUT2D eigenvalue weighted by Crippen LogP contribution is -2.00. The van der Waals surface area contributed by atoms with Gasteiger partial charge in [0.05, 0.1) is 18.6 Å². The highest BCUT2D eigenvalue weighted by Crippen LogP contribution is 2.32. The van der Waals surface area contributed by atoms with Crippen molar-refractivity contribution in [2.45, 2.75) is 25.0 Å². The molecule has 3 rings (SSSR count). The van der Waals surface area contributed by atoms with Crippen LogP contribution >= 0.6 is 23.2 Å². The Morgan fingerprint density at radius 1 is 1.15 bits per heavy atom. The Morgan fingerprint density at radius 3 is 2.75 bits per heavy atom. The lowest BCUT2D eigenvalue weighted by molar-refractivity contribution is 0.134. The van der Waals surface area contributed by atoms with Gasteiger partial charge in [-0.1, -0.05) is 35.9 Å². The SMILES string of the molecule is Fc1cccc(Cl)c1CC(Cl)c1ccc2c(c1)COC2. The van der Waals surface area contributed by atoms with E-state index >= 15 is 0 Å². The smallest absolute Gasteiger partial charge is 0.127 e. The number of hydrogen-bond donors (Lipinski definition) is 0. The normalized spacial score (nSPS) is 15.2. The summed E-state index contributed by atoms with van der Waals surface area (Å²) in [6, 6.07) is 10.7. The van der Waals surface area contributed by atoms with Gasteiger partial charge in [0.25, 0.3) is 0 Å². The second-order valence-electron chi connectivity index (χ2n) is 4.89. The molecule has 0 aliphatic carbocycles. The van der Waals surface area contributed by atoms with Crippen LogP contribution < -0.4 is 0 Å². The van der Waals surface area contributed by atoms with Crippen LogP contribution in [0.5, 0.6) is 0 Å². The molecule has 0 N–H and O–H groups in total. The predicted octanol–water partition coefficient (Wildman–Crippen LogP) is 5.03. The minimum absolute atomic E-state index is 0.310. The first-order valence-corrected chi connectivity index (χ1v) is 7.23. The second-order valence-corrected chi connectivity index (χ2v) is 5.83. The fourth-order valence-electron chi connectivity index (χ4n) is 2.41. The first kappa shape index (κ1) is 13.9. The van der Waals surface area contributed by atoms with Crippen LogP contribution in [0.2, 0.25) is 5.02 Å². The molecule has 0 saturated carbocycles. The van der Waals surface area contributed by atoms with E-state index in [9.17, 15) is 4.39 Å². The van der Waals surface area contributed by atoms with Gasteiger partial charge >= 0.3 is 0 Å². The minimum Gasteiger partial charge on any atom is -0.372 e. The standard InChI is InChI=1S/C16H13Cl2FO/c17-14-2-1-3-16(19)13(14)7-15(18)10-4-5-11-8-20-9-12(11)6-10/h1-6,15H,7-9H2. The molecule has 0 aromatic heterocycles. The van der Waals surface area contributed by atoms with Crippen LogP contribution in [0.4, 0.5) is 4.39 Å². The van der Waals surface area contributed by atoms with Gasteiger partial charge in [-0.05, 0) is 35.2 Å². The van der Waals surface area contributed by atoms with Crippen molar-refractivity contribution < 1.29 is 9.13 Å². The topological polar surface area (TPSA) is 9.23 Å². The van der Waals surface area contributed by atoms with Crippen molar-refractivity contribution in [2.75, 3.05) is 0 Å². The lowest BCUT2D eigenvalue weighted by atomic mass is 10.00. The number of rotatable bonds is 3. The lowest BCUT2D eigenvalue weighted by Gasteiger charge is -2.13. The maximum atomic E-state index is 13.8. The molecule has 1 unspecified atom stereocenters. The molecule has 0 bridgehead atoms. The summed E-state index contributed by atoms with van der Waals surface area (Å²) in [6.07, 6.45) is 0.368. The Bertz CT molecular complexity index is 622. The molecule has 0 spiro atoms. The Hall–Kier alpha value is -1.09. The Morgan fingerprint density at radius 2 is 1.95 bits per heavy atom. The number of hydrogen-bond acceptors (Lipinski definition) is 1. The Labute approximate surface area is 127 Å². The predicted molar refractivity (Wildman–Crippen MR) is 78.6 cm³/mol. The number of fused-ring (bicyclic) bond motifs is 1. The first-order valence-electron chi connectivity index (χ1n) is 6.41. The molecular weight excluding hydrogens is 298 g/mol. The molecule has 0 amide bonds. The van der Waals surface area contributed by atoms with Gasteiger partial charge in [-0.3, -0.25) is 0 Å². The van der Waals surface area contributed by atoms with E-state index in [1.165, 1.54) is 11.6 Å². The van der Waals surface area contributed by atoms with Gasteiger partial charge in [0.15, 0.2) is 0 Å². The van der Waals surface area contributed by atoms with Crippen molar-refractivity contribution in [3.63, 3.8) is 0 Å². The zero-order valence-electron chi connectivity index (χ0n) is 10.7. The average molecular weight is 311 g/mol.